The lowest BCUT2D eigenvalue weighted by Gasteiger charge is -2.33. The summed E-state index contributed by atoms with van der Waals surface area (Å²) in [6, 6.07) is 9.54. The molecule has 1 aromatic carbocycles. The molecule has 1 aliphatic heterocycles. The van der Waals surface area contributed by atoms with Crippen molar-refractivity contribution in [2.45, 2.75) is 38.1 Å². The maximum atomic E-state index is 12.3. The van der Waals surface area contributed by atoms with Gasteiger partial charge in [-0.15, -0.1) is 0 Å². The average Bonchev–Trinajstić information content (AvgIpc) is 2.52. The highest BCUT2D eigenvalue weighted by atomic mass is 16.5. The first-order valence-electron chi connectivity index (χ1n) is 7.13. The molecule has 2 rings (SSSR count). The van der Waals surface area contributed by atoms with Gasteiger partial charge in [0.1, 0.15) is 6.04 Å². The molecule has 0 radical (unpaired) electrons. The lowest BCUT2D eigenvalue weighted by Crippen LogP contribution is -2.48. The van der Waals surface area contributed by atoms with E-state index in [9.17, 15) is 9.59 Å². The van der Waals surface area contributed by atoms with Gasteiger partial charge < -0.3 is 9.64 Å². The van der Waals surface area contributed by atoms with Gasteiger partial charge in [0.2, 0.25) is 5.91 Å². The maximum absolute atomic E-state index is 12.3. The fraction of sp³-hybridized carbons (Fsp3) is 0.500. The lowest BCUT2D eigenvalue weighted by atomic mass is 10.0. The summed E-state index contributed by atoms with van der Waals surface area (Å²) in [6.07, 6.45) is 3.80. The Morgan fingerprint density at radius 1 is 1.25 bits per heavy atom. The van der Waals surface area contributed by atoms with E-state index in [0.29, 0.717) is 25.8 Å². The molecule has 108 valence electrons. The zero-order chi connectivity index (χ0) is 14.4. The van der Waals surface area contributed by atoms with Gasteiger partial charge >= 0.3 is 5.97 Å². The van der Waals surface area contributed by atoms with Gasteiger partial charge in [-0.25, -0.2) is 4.79 Å². The summed E-state index contributed by atoms with van der Waals surface area (Å²) in [7, 11) is 1.38. The van der Waals surface area contributed by atoms with Gasteiger partial charge in [-0.1, -0.05) is 30.3 Å². The number of carbonyl (C=O) groups is 2. The van der Waals surface area contributed by atoms with Crippen molar-refractivity contribution in [3.05, 3.63) is 35.9 Å². The van der Waals surface area contributed by atoms with Crippen LogP contribution in [0.4, 0.5) is 0 Å². The standard InChI is InChI=1S/C16H21NO3/c1-20-16(19)14-9-5-6-12-17(14)15(18)11-10-13-7-3-2-4-8-13/h2-4,7-8,14H,5-6,9-12H2,1H3. The van der Waals surface area contributed by atoms with Crippen molar-refractivity contribution in [1.29, 1.82) is 0 Å². The van der Waals surface area contributed by atoms with Crippen molar-refractivity contribution in [3.8, 4) is 0 Å². The summed E-state index contributed by atoms with van der Waals surface area (Å²) >= 11 is 0. The summed E-state index contributed by atoms with van der Waals surface area (Å²) in [5.74, 6) is -0.248. The molecule has 1 amide bonds. The van der Waals surface area contributed by atoms with Crippen molar-refractivity contribution in [2.24, 2.45) is 0 Å². The van der Waals surface area contributed by atoms with Gasteiger partial charge in [0.15, 0.2) is 0 Å². The zero-order valence-corrected chi connectivity index (χ0v) is 11.9. The molecule has 1 unspecified atom stereocenters. The van der Waals surface area contributed by atoms with E-state index in [1.807, 2.05) is 30.3 Å². The molecule has 0 bridgehead atoms. The molecule has 0 saturated carbocycles. The molecule has 4 nitrogen and oxygen atoms in total. The highest BCUT2D eigenvalue weighted by Crippen LogP contribution is 2.19. The van der Waals surface area contributed by atoms with E-state index in [1.54, 1.807) is 4.90 Å². The molecule has 0 spiro atoms. The predicted octanol–water partition coefficient (Wildman–Crippen LogP) is 2.17. The number of aryl methyl sites for hydroxylation is 1. The van der Waals surface area contributed by atoms with E-state index in [4.69, 9.17) is 4.74 Å². The lowest BCUT2D eigenvalue weighted by molar-refractivity contribution is -0.154. The molecule has 1 heterocycles. The number of rotatable bonds is 4. The zero-order valence-electron chi connectivity index (χ0n) is 11.9. The number of esters is 1. The minimum Gasteiger partial charge on any atom is -0.467 e. The Morgan fingerprint density at radius 2 is 2.00 bits per heavy atom. The Morgan fingerprint density at radius 3 is 2.70 bits per heavy atom. The molecule has 1 fully saturated rings. The molecule has 20 heavy (non-hydrogen) atoms. The van der Waals surface area contributed by atoms with Gasteiger partial charge in [-0.2, -0.15) is 0 Å². The topological polar surface area (TPSA) is 46.6 Å². The molecular weight excluding hydrogens is 254 g/mol. The van der Waals surface area contributed by atoms with Gasteiger partial charge in [-0.3, -0.25) is 4.79 Å². The van der Waals surface area contributed by atoms with E-state index in [2.05, 4.69) is 0 Å². The van der Waals surface area contributed by atoms with Crippen LogP contribution >= 0.6 is 0 Å². The van der Waals surface area contributed by atoms with Crippen molar-refractivity contribution in [2.75, 3.05) is 13.7 Å². The Balaban J connectivity index is 1.94. The van der Waals surface area contributed by atoms with Crippen LogP contribution in [-0.2, 0) is 20.7 Å². The van der Waals surface area contributed by atoms with Crippen LogP contribution in [0.1, 0.15) is 31.2 Å². The Bertz CT molecular complexity index is 458. The molecule has 0 aliphatic carbocycles. The van der Waals surface area contributed by atoms with E-state index < -0.39 is 6.04 Å². The number of ether oxygens (including phenoxy) is 1. The Labute approximate surface area is 119 Å². The largest absolute Gasteiger partial charge is 0.467 e. The maximum Gasteiger partial charge on any atom is 0.328 e. The summed E-state index contributed by atoms with van der Waals surface area (Å²) in [5.41, 5.74) is 1.15. The van der Waals surface area contributed by atoms with Crippen LogP contribution in [0.25, 0.3) is 0 Å². The van der Waals surface area contributed by atoms with Crippen LogP contribution in [0.15, 0.2) is 30.3 Å². The van der Waals surface area contributed by atoms with Crippen LogP contribution in [0.3, 0.4) is 0 Å². The molecule has 0 aromatic heterocycles. The van der Waals surface area contributed by atoms with Crippen LogP contribution < -0.4 is 0 Å². The quantitative estimate of drug-likeness (QED) is 0.791. The second kappa shape index (κ2) is 7.08. The second-order valence-corrected chi connectivity index (χ2v) is 5.11. The third-order valence-electron chi connectivity index (χ3n) is 3.77. The van der Waals surface area contributed by atoms with Gasteiger partial charge in [0, 0.05) is 13.0 Å². The van der Waals surface area contributed by atoms with Crippen LogP contribution in [0, 0.1) is 0 Å². The van der Waals surface area contributed by atoms with Gasteiger partial charge in [-0.05, 0) is 31.2 Å². The first-order valence-corrected chi connectivity index (χ1v) is 7.13. The van der Waals surface area contributed by atoms with Gasteiger partial charge in [0.25, 0.3) is 0 Å². The molecule has 1 aromatic rings. The molecular formula is C16H21NO3. The highest BCUT2D eigenvalue weighted by Gasteiger charge is 2.32. The first kappa shape index (κ1) is 14.6. The van der Waals surface area contributed by atoms with Crippen molar-refractivity contribution >= 4 is 11.9 Å². The number of carbonyl (C=O) groups excluding carboxylic acids is 2. The molecule has 4 heteroatoms. The number of hydrogen-bond donors (Lipinski definition) is 0. The van der Waals surface area contributed by atoms with Crippen molar-refractivity contribution in [1.82, 2.24) is 4.90 Å². The van der Waals surface area contributed by atoms with E-state index in [1.165, 1.54) is 7.11 Å². The first-order chi connectivity index (χ1) is 9.72. The summed E-state index contributed by atoms with van der Waals surface area (Å²) in [5, 5.41) is 0. The fourth-order valence-electron chi connectivity index (χ4n) is 2.65. The number of benzene rings is 1. The number of methoxy groups -OCH3 is 1. The molecule has 1 aliphatic rings. The smallest absolute Gasteiger partial charge is 0.328 e. The molecule has 1 atom stereocenters. The average molecular weight is 275 g/mol. The number of nitrogens with zero attached hydrogens (tertiary/aromatic N) is 1. The fourth-order valence-corrected chi connectivity index (χ4v) is 2.65. The number of piperidine rings is 1. The number of amides is 1. The van der Waals surface area contributed by atoms with E-state index >= 15 is 0 Å². The predicted molar refractivity (Wildman–Crippen MR) is 76.1 cm³/mol. The second-order valence-electron chi connectivity index (χ2n) is 5.11. The number of hydrogen-bond acceptors (Lipinski definition) is 3. The van der Waals surface area contributed by atoms with Crippen LogP contribution in [0.5, 0.6) is 0 Å². The van der Waals surface area contributed by atoms with Crippen LogP contribution in [-0.4, -0.2) is 36.5 Å². The SMILES string of the molecule is COC(=O)C1CCCCN1C(=O)CCc1ccccc1. The van der Waals surface area contributed by atoms with Crippen molar-refractivity contribution < 1.29 is 14.3 Å². The van der Waals surface area contributed by atoms with Crippen LogP contribution in [0.2, 0.25) is 0 Å². The summed E-state index contributed by atoms with van der Waals surface area (Å²) in [6.45, 7) is 0.660. The minimum atomic E-state index is -0.392. The monoisotopic (exact) mass is 275 g/mol. The normalized spacial score (nSPS) is 18.6. The summed E-state index contributed by atoms with van der Waals surface area (Å²) in [4.78, 5) is 25.8. The third kappa shape index (κ3) is 3.59. The van der Waals surface area contributed by atoms with E-state index in [0.717, 1.165) is 18.4 Å². The van der Waals surface area contributed by atoms with Gasteiger partial charge in [0.05, 0.1) is 7.11 Å². The molecule has 0 N–H and O–H groups in total. The number of likely N-dealkylation sites (tertiary alicyclic amines) is 1. The minimum absolute atomic E-state index is 0.0453. The summed E-state index contributed by atoms with van der Waals surface area (Å²) < 4.78 is 4.80. The molecule has 1 saturated heterocycles. The highest BCUT2D eigenvalue weighted by molar-refractivity contribution is 5.84. The van der Waals surface area contributed by atoms with Crippen molar-refractivity contribution in [3.63, 3.8) is 0 Å². The third-order valence-corrected chi connectivity index (χ3v) is 3.77. The Kier molecular flexibility index (Phi) is 5.16. The Hall–Kier alpha value is -1.84. The van der Waals surface area contributed by atoms with E-state index in [-0.39, 0.29) is 11.9 Å².